The van der Waals surface area contributed by atoms with Gasteiger partial charge in [0.25, 0.3) is 0 Å². The molecule has 0 bridgehead atoms. The smallest absolute Gasteiger partial charge is 0.307 e. The number of nitrogens with one attached hydrogen (secondary N) is 1. The Balaban J connectivity index is 1.65. The van der Waals surface area contributed by atoms with Crippen LogP contribution in [0.3, 0.4) is 0 Å². The standard InChI is InChI=1S/C17H25NO2/c1-2-14-7-6-10-16(13-14)20-17(19)11-12-18-15-8-4-3-5-9-15/h3-5,8-9,14,16,18H,2,6-7,10-13H2,1H3. The Morgan fingerprint density at radius 1 is 1.30 bits per heavy atom. The molecule has 0 radical (unpaired) electrons. The zero-order valence-electron chi connectivity index (χ0n) is 12.3. The molecule has 0 aromatic heterocycles. The third-order valence-electron chi connectivity index (χ3n) is 4.04. The number of hydrogen-bond acceptors (Lipinski definition) is 3. The summed E-state index contributed by atoms with van der Waals surface area (Å²) in [7, 11) is 0. The van der Waals surface area contributed by atoms with Gasteiger partial charge in [-0.05, 0) is 37.3 Å². The molecule has 1 aliphatic carbocycles. The largest absolute Gasteiger partial charge is 0.462 e. The Kier molecular flexibility index (Phi) is 5.90. The van der Waals surface area contributed by atoms with Crippen molar-refractivity contribution in [2.24, 2.45) is 5.92 Å². The molecule has 0 amide bonds. The molecule has 0 spiro atoms. The van der Waals surface area contributed by atoms with Gasteiger partial charge in [-0.15, -0.1) is 0 Å². The molecular weight excluding hydrogens is 250 g/mol. The minimum atomic E-state index is -0.0739. The van der Waals surface area contributed by atoms with Crippen LogP contribution in [0, 0.1) is 5.92 Å². The lowest BCUT2D eigenvalue weighted by Crippen LogP contribution is -2.26. The van der Waals surface area contributed by atoms with Crippen LogP contribution < -0.4 is 5.32 Å². The van der Waals surface area contributed by atoms with E-state index < -0.39 is 0 Å². The van der Waals surface area contributed by atoms with Crippen LogP contribution in [0.25, 0.3) is 0 Å². The first kappa shape index (κ1) is 14.9. The van der Waals surface area contributed by atoms with E-state index in [4.69, 9.17) is 4.74 Å². The molecule has 0 heterocycles. The second-order valence-electron chi connectivity index (χ2n) is 5.60. The fraction of sp³-hybridized carbons (Fsp3) is 0.588. The highest BCUT2D eigenvalue weighted by atomic mass is 16.5. The monoisotopic (exact) mass is 275 g/mol. The molecule has 2 rings (SSSR count). The Morgan fingerprint density at radius 3 is 2.85 bits per heavy atom. The van der Waals surface area contributed by atoms with Gasteiger partial charge in [0.05, 0.1) is 6.42 Å². The van der Waals surface area contributed by atoms with Crippen molar-refractivity contribution in [2.45, 2.75) is 51.6 Å². The predicted molar refractivity (Wildman–Crippen MR) is 81.7 cm³/mol. The molecule has 1 aromatic rings. The van der Waals surface area contributed by atoms with Crippen molar-refractivity contribution in [3.63, 3.8) is 0 Å². The first-order valence-electron chi connectivity index (χ1n) is 7.76. The number of carbonyl (C=O) groups is 1. The summed E-state index contributed by atoms with van der Waals surface area (Å²) in [5.74, 6) is 0.666. The van der Waals surface area contributed by atoms with Crippen LogP contribution in [0.1, 0.15) is 45.4 Å². The summed E-state index contributed by atoms with van der Waals surface area (Å²) in [6.07, 6.45) is 6.35. The van der Waals surface area contributed by atoms with Gasteiger partial charge in [0, 0.05) is 12.2 Å². The Hall–Kier alpha value is -1.51. The maximum atomic E-state index is 11.8. The Morgan fingerprint density at radius 2 is 2.10 bits per heavy atom. The van der Waals surface area contributed by atoms with Gasteiger partial charge in [-0.1, -0.05) is 38.0 Å². The Labute approximate surface area is 121 Å². The second-order valence-corrected chi connectivity index (χ2v) is 5.60. The summed E-state index contributed by atoms with van der Waals surface area (Å²) >= 11 is 0. The zero-order chi connectivity index (χ0) is 14.2. The lowest BCUT2D eigenvalue weighted by molar-refractivity contribution is -0.151. The minimum Gasteiger partial charge on any atom is -0.462 e. The van der Waals surface area contributed by atoms with Crippen molar-refractivity contribution in [1.29, 1.82) is 0 Å². The topological polar surface area (TPSA) is 38.3 Å². The van der Waals surface area contributed by atoms with Crippen molar-refractivity contribution in [2.75, 3.05) is 11.9 Å². The summed E-state index contributed by atoms with van der Waals surface area (Å²) < 4.78 is 5.58. The van der Waals surface area contributed by atoms with Gasteiger partial charge in [0.15, 0.2) is 0 Å². The second kappa shape index (κ2) is 7.93. The molecule has 1 aromatic carbocycles. The molecule has 1 aliphatic rings. The summed E-state index contributed by atoms with van der Waals surface area (Å²) in [4.78, 5) is 11.8. The van der Waals surface area contributed by atoms with Crippen LogP contribution in [0.4, 0.5) is 5.69 Å². The van der Waals surface area contributed by atoms with Crippen LogP contribution in [0.2, 0.25) is 0 Å². The van der Waals surface area contributed by atoms with Crippen LogP contribution >= 0.6 is 0 Å². The fourth-order valence-electron chi connectivity index (χ4n) is 2.83. The van der Waals surface area contributed by atoms with E-state index in [1.807, 2.05) is 30.3 Å². The van der Waals surface area contributed by atoms with E-state index in [-0.39, 0.29) is 12.1 Å². The average Bonchev–Trinajstić information content (AvgIpc) is 2.48. The number of carbonyl (C=O) groups excluding carboxylic acids is 1. The van der Waals surface area contributed by atoms with E-state index >= 15 is 0 Å². The molecular formula is C17H25NO2. The molecule has 3 heteroatoms. The molecule has 3 nitrogen and oxygen atoms in total. The fourth-order valence-corrected chi connectivity index (χ4v) is 2.83. The molecule has 20 heavy (non-hydrogen) atoms. The van der Waals surface area contributed by atoms with Crippen LogP contribution in [-0.4, -0.2) is 18.6 Å². The minimum absolute atomic E-state index is 0.0739. The van der Waals surface area contributed by atoms with Crippen LogP contribution in [0.5, 0.6) is 0 Å². The van der Waals surface area contributed by atoms with Gasteiger partial charge < -0.3 is 10.1 Å². The number of rotatable bonds is 6. The van der Waals surface area contributed by atoms with E-state index in [1.54, 1.807) is 0 Å². The van der Waals surface area contributed by atoms with Gasteiger partial charge in [-0.25, -0.2) is 0 Å². The quantitative estimate of drug-likeness (QED) is 0.797. The average molecular weight is 275 g/mol. The molecule has 1 N–H and O–H groups in total. The van der Waals surface area contributed by atoms with Crippen molar-refractivity contribution < 1.29 is 9.53 Å². The number of ether oxygens (including phenoxy) is 1. The Bertz CT molecular complexity index is 405. The van der Waals surface area contributed by atoms with E-state index in [2.05, 4.69) is 12.2 Å². The van der Waals surface area contributed by atoms with E-state index in [1.165, 1.54) is 19.3 Å². The molecule has 2 atom stereocenters. The number of para-hydroxylation sites is 1. The van der Waals surface area contributed by atoms with Gasteiger partial charge >= 0.3 is 5.97 Å². The zero-order valence-corrected chi connectivity index (χ0v) is 12.3. The van der Waals surface area contributed by atoms with Gasteiger partial charge in [0.1, 0.15) is 6.10 Å². The number of benzene rings is 1. The van der Waals surface area contributed by atoms with E-state index in [0.29, 0.717) is 13.0 Å². The maximum absolute atomic E-state index is 11.8. The summed E-state index contributed by atoms with van der Waals surface area (Å²) in [5.41, 5.74) is 1.05. The van der Waals surface area contributed by atoms with Crippen molar-refractivity contribution in [3.05, 3.63) is 30.3 Å². The lowest BCUT2D eigenvalue weighted by atomic mass is 9.85. The number of esters is 1. The molecule has 110 valence electrons. The number of anilines is 1. The van der Waals surface area contributed by atoms with E-state index in [0.717, 1.165) is 24.4 Å². The van der Waals surface area contributed by atoms with Gasteiger partial charge in [-0.2, -0.15) is 0 Å². The highest BCUT2D eigenvalue weighted by molar-refractivity contribution is 5.70. The summed E-state index contributed by atoms with van der Waals surface area (Å²) in [6.45, 7) is 2.85. The van der Waals surface area contributed by atoms with Crippen molar-refractivity contribution in [1.82, 2.24) is 0 Å². The number of hydrogen-bond donors (Lipinski definition) is 1. The molecule has 2 unspecified atom stereocenters. The van der Waals surface area contributed by atoms with Gasteiger partial charge in [0.2, 0.25) is 0 Å². The third kappa shape index (κ3) is 4.87. The molecule has 0 aliphatic heterocycles. The third-order valence-corrected chi connectivity index (χ3v) is 4.04. The summed E-state index contributed by atoms with van der Waals surface area (Å²) in [6, 6.07) is 9.93. The normalized spacial score (nSPS) is 22.2. The van der Waals surface area contributed by atoms with Crippen LogP contribution in [0.15, 0.2) is 30.3 Å². The van der Waals surface area contributed by atoms with E-state index in [9.17, 15) is 4.79 Å². The molecule has 1 saturated carbocycles. The predicted octanol–water partition coefficient (Wildman–Crippen LogP) is 4.00. The molecule has 1 fully saturated rings. The highest BCUT2D eigenvalue weighted by Crippen LogP contribution is 2.28. The van der Waals surface area contributed by atoms with Crippen molar-refractivity contribution in [3.8, 4) is 0 Å². The lowest BCUT2D eigenvalue weighted by Gasteiger charge is -2.28. The first-order valence-corrected chi connectivity index (χ1v) is 7.76. The SMILES string of the molecule is CCC1CCCC(OC(=O)CCNc2ccccc2)C1. The maximum Gasteiger partial charge on any atom is 0.307 e. The molecule has 0 saturated heterocycles. The first-order chi connectivity index (χ1) is 9.78. The highest BCUT2D eigenvalue weighted by Gasteiger charge is 2.23. The van der Waals surface area contributed by atoms with Crippen LogP contribution in [-0.2, 0) is 9.53 Å². The van der Waals surface area contributed by atoms with Crippen molar-refractivity contribution >= 4 is 11.7 Å². The van der Waals surface area contributed by atoms with Gasteiger partial charge in [-0.3, -0.25) is 4.79 Å². The summed E-state index contributed by atoms with van der Waals surface area (Å²) in [5, 5.41) is 3.23.